The van der Waals surface area contributed by atoms with E-state index in [-0.39, 0.29) is 0 Å². The Labute approximate surface area is 157 Å². The highest BCUT2D eigenvalue weighted by Crippen LogP contribution is 2.57. The van der Waals surface area contributed by atoms with Crippen LogP contribution in [0.1, 0.15) is 54.9 Å². The monoisotopic (exact) mass is 369 g/mol. The smallest absolute Gasteiger partial charge is 0.339 e. The Morgan fingerprint density at radius 2 is 2.07 bits per heavy atom. The zero-order valence-electron chi connectivity index (χ0n) is 15.9. The van der Waals surface area contributed by atoms with Gasteiger partial charge in [0.15, 0.2) is 11.5 Å². The Bertz CT molecular complexity index is 900. The van der Waals surface area contributed by atoms with Crippen LogP contribution in [0.3, 0.4) is 0 Å². The fourth-order valence-electron chi connectivity index (χ4n) is 3.61. The average molecular weight is 369 g/mol. The zero-order valence-corrected chi connectivity index (χ0v) is 15.9. The largest absolute Gasteiger partial charge is 0.340 e. The number of aromatic nitrogens is 4. The van der Waals surface area contributed by atoms with Crippen molar-refractivity contribution in [1.29, 1.82) is 0 Å². The first-order valence-corrected chi connectivity index (χ1v) is 9.02. The van der Waals surface area contributed by atoms with Crippen molar-refractivity contribution in [3.63, 3.8) is 0 Å². The molecule has 3 amide bonds. The van der Waals surface area contributed by atoms with Crippen molar-refractivity contribution < 1.29 is 9.59 Å². The molecule has 2 aliphatic carbocycles. The van der Waals surface area contributed by atoms with Gasteiger partial charge in [0.25, 0.3) is 5.91 Å². The molecule has 0 unspecified atom stereocenters. The van der Waals surface area contributed by atoms with Gasteiger partial charge in [-0.3, -0.25) is 9.78 Å². The molecule has 2 aromatic rings. The number of urea groups is 1. The Morgan fingerprint density at radius 3 is 2.70 bits per heavy atom. The van der Waals surface area contributed by atoms with Crippen molar-refractivity contribution in [3.05, 3.63) is 35.5 Å². The lowest BCUT2D eigenvalue weighted by atomic mass is 10.1. The maximum absolute atomic E-state index is 13.2. The van der Waals surface area contributed by atoms with Crippen LogP contribution in [0, 0.1) is 5.92 Å². The summed E-state index contributed by atoms with van der Waals surface area (Å²) in [7, 11) is 1.49. The van der Waals surface area contributed by atoms with E-state index in [0.29, 0.717) is 23.3 Å². The molecule has 2 heterocycles. The summed E-state index contributed by atoms with van der Waals surface area (Å²) in [5.41, 5.74) is 4.72. The molecule has 142 valence electrons. The topological polar surface area (TPSA) is 105 Å². The second-order valence-corrected chi connectivity index (χ2v) is 8.05. The third kappa shape index (κ3) is 3.08. The Kier molecular flexibility index (Phi) is 3.99. The van der Waals surface area contributed by atoms with Gasteiger partial charge in [-0.05, 0) is 39.5 Å². The highest BCUT2D eigenvalue weighted by atomic mass is 16.2. The van der Waals surface area contributed by atoms with E-state index >= 15 is 0 Å². The minimum Gasteiger partial charge on any atom is -0.340 e. The maximum Gasteiger partial charge on any atom is 0.339 e. The van der Waals surface area contributed by atoms with Crippen molar-refractivity contribution >= 4 is 11.9 Å². The van der Waals surface area contributed by atoms with Gasteiger partial charge in [0.2, 0.25) is 0 Å². The van der Waals surface area contributed by atoms with Crippen LogP contribution in [0.15, 0.2) is 18.6 Å². The number of fused-ring (bicyclic) bond motifs is 3. The molecule has 0 aliphatic heterocycles. The van der Waals surface area contributed by atoms with Crippen LogP contribution in [0.5, 0.6) is 0 Å². The van der Waals surface area contributed by atoms with Gasteiger partial charge in [-0.2, -0.15) is 10.1 Å². The van der Waals surface area contributed by atoms with Gasteiger partial charge in [0, 0.05) is 36.5 Å². The van der Waals surface area contributed by atoms with Crippen LogP contribution in [0.2, 0.25) is 0 Å². The SMILES string of the molecule is CNC(=O)N(NC(C)(C)C)C(=O)c1nn(-c2cnccn2)c2c1C[C@H]1C[C@@H]21. The molecule has 9 nitrogen and oxygen atoms in total. The van der Waals surface area contributed by atoms with Gasteiger partial charge in [0.1, 0.15) is 0 Å². The average Bonchev–Trinajstić information content (AvgIpc) is 3.14. The number of imide groups is 1. The Morgan fingerprint density at radius 1 is 1.30 bits per heavy atom. The van der Waals surface area contributed by atoms with Crippen molar-refractivity contribution in [2.24, 2.45) is 5.92 Å². The van der Waals surface area contributed by atoms with E-state index in [1.54, 1.807) is 23.3 Å². The second-order valence-electron chi connectivity index (χ2n) is 8.05. The van der Waals surface area contributed by atoms with Crippen molar-refractivity contribution in [3.8, 4) is 5.82 Å². The number of carbonyl (C=O) groups excluding carboxylic acids is 2. The summed E-state index contributed by atoms with van der Waals surface area (Å²) in [4.78, 5) is 34.0. The molecule has 1 saturated carbocycles. The molecule has 0 spiro atoms. The number of nitrogens with one attached hydrogen (secondary N) is 2. The lowest BCUT2D eigenvalue weighted by Crippen LogP contribution is -2.57. The molecule has 2 N–H and O–H groups in total. The van der Waals surface area contributed by atoms with Crippen molar-refractivity contribution in [2.75, 3.05) is 7.05 Å². The molecule has 0 saturated heterocycles. The fourth-order valence-corrected chi connectivity index (χ4v) is 3.61. The summed E-state index contributed by atoms with van der Waals surface area (Å²) in [5.74, 6) is 1.07. The summed E-state index contributed by atoms with van der Waals surface area (Å²) in [6.07, 6.45) is 6.73. The minimum absolute atomic E-state index is 0.295. The van der Waals surface area contributed by atoms with Crippen molar-refractivity contribution in [2.45, 2.75) is 45.1 Å². The van der Waals surface area contributed by atoms with E-state index in [1.165, 1.54) is 7.05 Å². The first-order valence-electron chi connectivity index (χ1n) is 9.02. The second kappa shape index (κ2) is 6.12. The third-order valence-electron chi connectivity index (χ3n) is 4.80. The van der Waals surface area contributed by atoms with E-state index < -0.39 is 17.5 Å². The van der Waals surface area contributed by atoms with E-state index in [1.807, 2.05) is 20.8 Å². The van der Waals surface area contributed by atoms with Gasteiger partial charge in [-0.25, -0.2) is 19.9 Å². The van der Waals surface area contributed by atoms with Gasteiger partial charge in [-0.1, -0.05) is 0 Å². The van der Waals surface area contributed by atoms with Crippen LogP contribution in [0.25, 0.3) is 5.82 Å². The predicted octanol–water partition coefficient (Wildman–Crippen LogP) is 1.41. The number of hydrazine groups is 1. The summed E-state index contributed by atoms with van der Waals surface area (Å²) in [6.45, 7) is 5.65. The highest BCUT2D eigenvalue weighted by Gasteiger charge is 2.51. The molecule has 27 heavy (non-hydrogen) atoms. The number of carbonyl (C=O) groups is 2. The molecule has 9 heteroatoms. The molecule has 0 aromatic carbocycles. The molecular formula is C18H23N7O2. The molecule has 2 aromatic heterocycles. The molecular weight excluding hydrogens is 346 g/mol. The van der Waals surface area contributed by atoms with E-state index in [0.717, 1.165) is 29.1 Å². The summed E-state index contributed by atoms with van der Waals surface area (Å²) >= 11 is 0. The lowest BCUT2D eigenvalue weighted by molar-refractivity contribution is 0.0652. The fraction of sp³-hybridized carbons (Fsp3) is 0.500. The molecule has 0 radical (unpaired) electrons. The van der Waals surface area contributed by atoms with Gasteiger partial charge in [0.05, 0.1) is 11.9 Å². The Balaban J connectivity index is 1.76. The van der Waals surface area contributed by atoms with Gasteiger partial charge >= 0.3 is 6.03 Å². The van der Waals surface area contributed by atoms with Gasteiger partial charge < -0.3 is 5.32 Å². The standard InChI is InChI=1S/C18H23N7O2/c1-18(2,3)23-25(17(27)19-4)16(26)14-12-8-10-7-11(10)15(12)24(22-14)13-9-20-5-6-21-13/h5-6,9-11,23H,7-8H2,1-4H3,(H,19,27)/t10-,11-/m1/s1. The summed E-state index contributed by atoms with van der Waals surface area (Å²) in [6, 6.07) is -0.527. The number of amides is 3. The molecule has 4 rings (SSSR count). The maximum atomic E-state index is 13.2. The number of rotatable bonds is 3. The zero-order chi connectivity index (χ0) is 19.3. The quantitative estimate of drug-likeness (QED) is 0.793. The highest BCUT2D eigenvalue weighted by molar-refractivity contribution is 6.03. The number of nitrogens with zero attached hydrogens (tertiary/aromatic N) is 5. The molecule has 2 atom stereocenters. The minimum atomic E-state index is -0.527. The lowest BCUT2D eigenvalue weighted by Gasteiger charge is -2.29. The van der Waals surface area contributed by atoms with Gasteiger partial charge in [-0.15, -0.1) is 0 Å². The number of hydrogen-bond donors (Lipinski definition) is 2. The first-order chi connectivity index (χ1) is 12.8. The van der Waals surface area contributed by atoms with Crippen LogP contribution >= 0.6 is 0 Å². The van der Waals surface area contributed by atoms with Crippen LogP contribution in [-0.2, 0) is 6.42 Å². The number of hydrogen-bond acceptors (Lipinski definition) is 6. The molecule has 2 aliphatic rings. The van der Waals surface area contributed by atoms with Crippen LogP contribution in [0.4, 0.5) is 4.79 Å². The predicted molar refractivity (Wildman–Crippen MR) is 97.2 cm³/mol. The van der Waals surface area contributed by atoms with E-state index in [9.17, 15) is 9.59 Å². The molecule has 1 fully saturated rings. The van der Waals surface area contributed by atoms with E-state index in [2.05, 4.69) is 25.8 Å². The van der Waals surface area contributed by atoms with Crippen LogP contribution in [-0.4, -0.2) is 49.3 Å². The van der Waals surface area contributed by atoms with Crippen molar-refractivity contribution in [1.82, 2.24) is 35.5 Å². The third-order valence-corrected chi connectivity index (χ3v) is 4.80. The summed E-state index contributed by atoms with van der Waals surface area (Å²) in [5, 5.41) is 8.07. The van der Waals surface area contributed by atoms with E-state index in [4.69, 9.17) is 0 Å². The first kappa shape index (κ1) is 17.6. The molecule has 0 bridgehead atoms. The Hall–Kier alpha value is -2.81. The van der Waals surface area contributed by atoms with Crippen LogP contribution < -0.4 is 10.7 Å². The summed E-state index contributed by atoms with van der Waals surface area (Å²) < 4.78 is 1.71. The normalized spacial score (nSPS) is 20.0.